The van der Waals surface area contributed by atoms with Gasteiger partial charge in [-0.2, -0.15) is 0 Å². The molecule has 0 fully saturated rings. The SMILES string of the molecule is O=C(Oc1ccccc1Cl)c1ccc(C=Nc2ccc(-c3cc4ccccc4oc3=O)cc2)cc1. The molecule has 0 saturated carbocycles. The van der Waals surface area contributed by atoms with Crippen molar-refractivity contribution in [2.24, 2.45) is 4.99 Å². The minimum absolute atomic E-state index is 0.315. The Morgan fingerprint density at radius 2 is 1.57 bits per heavy atom. The summed E-state index contributed by atoms with van der Waals surface area (Å²) in [5.41, 5.74) is 3.38. The molecule has 0 aliphatic heterocycles. The van der Waals surface area contributed by atoms with Gasteiger partial charge in [0.15, 0.2) is 0 Å². The second-order valence-corrected chi connectivity index (χ2v) is 8.14. The van der Waals surface area contributed by atoms with E-state index in [-0.39, 0.29) is 5.63 Å². The van der Waals surface area contributed by atoms with Gasteiger partial charge in [-0.05, 0) is 59.7 Å². The van der Waals surface area contributed by atoms with Crippen molar-refractivity contribution in [2.45, 2.75) is 0 Å². The highest BCUT2D eigenvalue weighted by atomic mass is 35.5. The summed E-state index contributed by atoms with van der Waals surface area (Å²) in [4.78, 5) is 29.2. The van der Waals surface area contributed by atoms with Gasteiger partial charge in [-0.15, -0.1) is 0 Å². The smallest absolute Gasteiger partial charge is 0.344 e. The van der Waals surface area contributed by atoms with Crippen LogP contribution in [0.25, 0.3) is 22.1 Å². The number of nitrogens with zero attached hydrogens (tertiary/aromatic N) is 1. The zero-order chi connectivity index (χ0) is 24.2. The van der Waals surface area contributed by atoms with Gasteiger partial charge in [0.25, 0.3) is 0 Å². The molecule has 0 radical (unpaired) electrons. The van der Waals surface area contributed by atoms with Crippen LogP contribution in [0.4, 0.5) is 5.69 Å². The molecule has 0 bridgehead atoms. The van der Waals surface area contributed by atoms with Crippen molar-refractivity contribution in [3.05, 3.63) is 130 Å². The van der Waals surface area contributed by atoms with E-state index in [1.807, 2.05) is 48.5 Å². The maximum Gasteiger partial charge on any atom is 0.344 e. The number of carbonyl (C=O) groups is 1. The quantitative estimate of drug-likeness (QED) is 0.117. The molecule has 0 spiro atoms. The van der Waals surface area contributed by atoms with Gasteiger partial charge in [0.1, 0.15) is 11.3 Å². The molecule has 1 heterocycles. The molecule has 4 aromatic carbocycles. The number of hydrogen-bond acceptors (Lipinski definition) is 5. The molecule has 0 aliphatic carbocycles. The molecule has 5 nitrogen and oxygen atoms in total. The first-order chi connectivity index (χ1) is 17.1. The minimum atomic E-state index is -0.490. The Labute approximate surface area is 205 Å². The zero-order valence-corrected chi connectivity index (χ0v) is 19.1. The first-order valence-corrected chi connectivity index (χ1v) is 11.2. The fraction of sp³-hybridized carbons (Fsp3) is 0. The van der Waals surface area contributed by atoms with E-state index in [1.54, 1.807) is 60.8 Å². The number of fused-ring (bicyclic) bond motifs is 1. The number of carbonyl (C=O) groups excluding carboxylic acids is 1. The van der Waals surface area contributed by atoms with E-state index in [1.165, 1.54) is 0 Å². The lowest BCUT2D eigenvalue weighted by Gasteiger charge is -2.06. The predicted molar refractivity (Wildman–Crippen MR) is 138 cm³/mol. The summed E-state index contributed by atoms with van der Waals surface area (Å²) >= 11 is 6.04. The van der Waals surface area contributed by atoms with Crippen molar-refractivity contribution >= 4 is 40.4 Å². The first kappa shape index (κ1) is 22.3. The van der Waals surface area contributed by atoms with Gasteiger partial charge in [0.05, 0.1) is 21.8 Å². The van der Waals surface area contributed by atoms with Crippen LogP contribution in [0.15, 0.2) is 117 Å². The summed E-state index contributed by atoms with van der Waals surface area (Å²) in [5.74, 6) is -0.176. The number of esters is 1. The van der Waals surface area contributed by atoms with Gasteiger partial charge in [-0.1, -0.05) is 66.2 Å². The molecule has 170 valence electrons. The highest BCUT2D eigenvalue weighted by Crippen LogP contribution is 2.25. The van der Waals surface area contributed by atoms with Crippen LogP contribution in [-0.4, -0.2) is 12.2 Å². The zero-order valence-electron chi connectivity index (χ0n) is 18.4. The molecule has 0 N–H and O–H groups in total. The van der Waals surface area contributed by atoms with E-state index in [2.05, 4.69) is 4.99 Å². The molecule has 6 heteroatoms. The number of benzene rings is 4. The van der Waals surface area contributed by atoms with E-state index >= 15 is 0 Å². The molecule has 5 aromatic rings. The van der Waals surface area contributed by atoms with Crippen molar-refractivity contribution in [2.75, 3.05) is 0 Å². The van der Waals surface area contributed by atoms with Gasteiger partial charge in [0, 0.05) is 11.6 Å². The monoisotopic (exact) mass is 479 g/mol. The first-order valence-electron chi connectivity index (χ1n) is 10.8. The molecular formula is C29H18ClNO4. The normalized spacial score (nSPS) is 11.1. The number of aliphatic imine (C=N–C) groups is 1. The Bertz CT molecular complexity index is 1600. The Morgan fingerprint density at radius 3 is 2.34 bits per heavy atom. The van der Waals surface area contributed by atoms with Crippen molar-refractivity contribution in [1.29, 1.82) is 0 Å². The lowest BCUT2D eigenvalue weighted by atomic mass is 10.1. The second-order valence-electron chi connectivity index (χ2n) is 7.73. The summed E-state index contributed by atoms with van der Waals surface area (Å²) in [5, 5.41) is 1.24. The lowest BCUT2D eigenvalue weighted by molar-refractivity contribution is 0.0735. The van der Waals surface area contributed by atoms with Crippen molar-refractivity contribution in [3.63, 3.8) is 0 Å². The Kier molecular flexibility index (Phi) is 6.24. The van der Waals surface area contributed by atoms with Crippen LogP contribution in [0.3, 0.4) is 0 Å². The highest BCUT2D eigenvalue weighted by molar-refractivity contribution is 6.32. The number of ether oxygens (including phenoxy) is 1. The predicted octanol–water partition coefficient (Wildman–Crippen LogP) is 7.08. The van der Waals surface area contributed by atoms with Crippen molar-refractivity contribution < 1.29 is 13.9 Å². The molecule has 0 amide bonds. The van der Waals surface area contributed by atoms with Gasteiger partial charge in [-0.3, -0.25) is 4.99 Å². The summed E-state index contributed by atoms with van der Waals surface area (Å²) < 4.78 is 10.8. The number of halogens is 1. The number of hydrogen-bond donors (Lipinski definition) is 0. The van der Waals surface area contributed by atoms with Crippen LogP contribution in [-0.2, 0) is 0 Å². The maximum absolute atomic E-state index is 12.4. The average Bonchev–Trinajstić information content (AvgIpc) is 2.89. The van der Waals surface area contributed by atoms with Crippen LogP contribution in [0, 0.1) is 0 Å². The van der Waals surface area contributed by atoms with Crippen LogP contribution >= 0.6 is 11.6 Å². The third-order valence-corrected chi connectivity index (χ3v) is 5.68. The number of rotatable bonds is 5. The van der Waals surface area contributed by atoms with Gasteiger partial charge >= 0.3 is 11.6 Å². The van der Waals surface area contributed by atoms with E-state index < -0.39 is 5.97 Å². The van der Waals surface area contributed by atoms with Crippen molar-refractivity contribution in [1.82, 2.24) is 0 Å². The average molecular weight is 480 g/mol. The lowest BCUT2D eigenvalue weighted by Crippen LogP contribution is -2.08. The third-order valence-electron chi connectivity index (χ3n) is 5.37. The van der Waals surface area contributed by atoms with Gasteiger partial charge in [0.2, 0.25) is 0 Å². The van der Waals surface area contributed by atoms with Crippen LogP contribution in [0.1, 0.15) is 15.9 Å². The molecule has 0 unspecified atom stereocenters. The highest BCUT2D eigenvalue weighted by Gasteiger charge is 2.11. The van der Waals surface area contributed by atoms with E-state index in [4.69, 9.17) is 20.8 Å². The van der Waals surface area contributed by atoms with Gasteiger partial charge in [-0.25, -0.2) is 9.59 Å². The largest absolute Gasteiger partial charge is 0.422 e. The fourth-order valence-electron chi connectivity index (χ4n) is 3.53. The topological polar surface area (TPSA) is 68.9 Å². The molecule has 1 aromatic heterocycles. The van der Waals surface area contributed by atoms with E-state index in [0.29, 0.717) is 27.5 Å². The minimum Gasteiger partial charge on any atom is -0.422 e. The summed E-state index contributed by atoms with van der Waals surface area (Å²) in [6.07, 6.45) is 1.70. The Balaban J connectivity index is 1.28. The van der Waals surface area contributed by atoms with Crippen LogP contribution < -0.4 is 10.4 Å². The summed E-state index contributed by atoms with van der Waals surface area (Å²) in [6, 6.07) is 30.3. The number of para-hydroxylation sites is 2. The third kappa shape index (κ3) is 5.05. The molecule has 0 atom stereocenters. The maximum atomic E-state index is 12.4. The Morgan fingerprint density at radius 1 is 0.857 bits per heavy atom. The van der Waals surface area contributed by atoms with Crippen molar-refractivity contribution in [3.8, 4) is 16.9 Å². The second kappa shape index (κ2) is 9.79. The summed E-state index contributed by atoms with van der Waals surface area (Å²) in [7, 11) is 0. The molecule has 35 heavy (non-hydrogen) atoms. The molecule has 0 saturated heterocycles. The fourth-order valence-corrected chi connectivity index (χ4v) is 3.71. The molecule has 5 rings (SSSR count). The molecule has 0 aliphatic rings. The Hall–Kier alpha value is -4.48. The summed E-state index contributed by atoms with van der Waals surface area (Å²) in [6.45, 7) is 0. The standard InChI is InChI=1S/C29H18ClNO4/c30-25-6-2-4-8-27(25)35-28(32)21-11-9-19(10-12-21)18-31-23-15-13-20(14-16-23)24-17-22-5-1-3-7-26(22)34-29(24)33/h1-18H. The van der Waals surface area contributed by atoms with E-state index in [9.17, 15) is 9.59 Å². The van der Waals surface area contributed by atoms with Gasteiger partial charge < -0.3 is 9.15 Å². The molecular weight excluding hydrogens is 462 g/mol. The van der Waals surface area contributed by atoms with Crippen LogP contribution in [0.5, 0.6) is 5.75 Å². The van der Waals surface area contributed by atoms with Crippen LogP contribution in [0.2, 0.25) is 5.02 Å². The van der Waals surface area contributed by atoms with E-state index in [0.717, 1.165) is 22.2 Å².